The third-order valence-electron chi connectivity index (χ3n) is 0.716. The van der Waals surface area contributed by atoms with Gasteiger partial charge in [0.2, 0.25) is 0 Å². The van der Waals surface area contributed by atoms with Crippen LogP contribution in [0.3, 0.4) is 0 Å². The van der Waals surface area contributed by atoms with Gasteiger partial charge >= 0.3 is 11.9 Å². The third-order valence-corrected chi connectivity index (χ3v) is 1.00. The molecule has 0 heterocycles. The van der Waals surface area contributed by atoms with Gasteiger partial charge in [-0.05, 0) is 0 Å². The summed E-state index contributed by atoms with van der Waals surface area (Å²) in [5, 5.41) is 16.3. The van der Waals surface area contributed by atoms with Crippen LogP contribution in [0.1, 0.15) is 0 Å². The van der Waals surface area contributed by atoms with Crippen LogP contribution in [0, 0.1) is 0 Å². The predicted octanol–water partition coefficient (Wildman–Crippen LogP) is 0.321. The van der Waals surface area contributed by atoms with Gasteiger partial charge in [0.05, 0.1) is 11.5 Å². The van der Waals surface area contributed by atoms with Crippen LogP contribution < -0.4 is 0 Å². The van der Waals surface area contributed by atoms with Crippen LogP contribution in [-0.4, -0.2) is 28.0 Å². The lowest BCUT2D eigenvalue weighted by Crippen LogP contribution is -2.04. The highest BCUT2D eigenvalue weighted by Crippen LogP contribution is 1.96. The molecule has 0 aromatic rings. The van der Waals surface area contributed by atoms with Crippen molar-refractivity contribution in [3.63, 3.8) is 0 Å². The van der Waals surface area contributed by atoms with Gasteiger partial charge in [0, 0.05) is 6.08 Å². The molecule has 0 aliphatic heterocycles. The molecule has 0 rings (SSSR count). The standard InChI is InChI=1S/C5H5ClO4/c6-2-3(5(9)10)1-4(7)8/h1H,2H2,(H,7,8)(H,9,10)/b3-1+. The first-order valence-corrected chi connectivity index (χ1v) is 2.84. The number of hydrogen-bond donors (Lipinski definition) is 2. The predicted molar refractivity (Wildman–Crippen MR) is 34.1 cm³/mol. The van der Waals surface area contributed by atoms with Gasteiger partial charge in [0.15, 0.2) is 0 Å². The zero-order valence-corrected chi connectivity index (χ0v) is 5.63. The van der Waals surface area contributed by atoms with Gasteiger partial charge in [-0.15, -0.1) is 11.6 Å². The summed E-state index contributed by atoms with van der Waals surface area (Å²) in [4.78, 5) is 19.9. The van der Waals surface area contributed by atoms with Crippen molar-refractivity contribution in [2.24, 2.45) is 0 Å². The summed E-state index contributed by atoms with van der Waals surface area (Å²) < 4.78 is 0. The summed E-state index contributed by atoms with van der Waals surface area (Å²) in [5.74, 6) is -2.92. The highest BCUT2D eigenvalue weighted by Gasteiger charge is 2.06. The molecular formula is C5H5ClO4. The molecule has 56 valence electrons. The molecule has 2 N–H and O–H groups in total. The molecule has 5 heteroatoms. The molecule has 0 aliphatic rings. The summed E-state index contributed by atoms with van der Waals surface area (Å²) in [5.41, 5.74) is -0.325. The molecule has 0 fully saturated rings. The average Bonchev–Trinajstić information content (AvgIpc) is 1.81. The van der Waals surface area contributed by atoms with Gasteiger partial charge in [-0.25, -0.2) is 9.59 Å². The van der Waals surface area contributed by atoms with Crippen molar-refractivity contribution in [2.75, 3.05) is 5.88 Å². The number of halogens is 1. The third kappa shape index (κ3) is 3.09. The number of aliphatic carboxylic acids is 2. The van der Waals surface area contributed by atoms with E-state index in [1.54, 1.807) is 0 Å². The number of carboxylic acids is 2. The lowest BCUT2D eigenvalue weighted by molar-refractivity contribution is -0.135. The van der Waals surface area contributed by atoms with Crippen LogP contribution in [0.5, 0.6) is 0 Å². The number of rotatable bonds is 3. The maximum absolute atomic E-state index is 10.0. The Balaban J connectivity index is 4.34. The maximum Gasteiger partial charge on any atom is 0.333 e. The smallest absolute Gasteiger partial charge is 0.333 e. The van der Waals surface area contributed by atoms with E-state index in [-0.39, 0.29) is 11.5 Å². The van der Waals surface area contributed by atoms with Crippen molar-refractivity contribution in [3.05, 3.63) is 11.6 Å². The molecule has 0 atom stereocenters. The number of carboxylic acid groups (broad SMARTS) is 2. The molecule has 0 radical (unpaired) electrons. The lowest BCUT2D eigenvalue weighted by atomic mass is 10.3. The topological polar surface area (TPSA) is 74.6 Å². The van der Waals surface area contributed by atoms with Gasteiger partial charge in [-0.3, -0.25) is 0 Å². The van der Waals surface area contributed by atoms with Crippen molar-refractivity contribution in [1.82, 2.24) is 0 Å². The van der Waals surface area contributed by atoms with E-state index in [1.807, 2.05) is 0 Å². The van der Waals surface area contributed by atoms with Crippen LogP contribution >= 0.6 is 11.6 Å². The van der Waals surface area contributed by atoms with Crippen molar-refractivity contribution < 1.29 is 19.8 Å². The highest BCUT2D eigenvalue weighted by atomic mass is 35.5. The van der Waals surface area contributed by atoms with Crippen molar-refractivity contribution in [3.8, 4) is 0 Å². The van der Waals surface area contributed by atoms with E-state index in [2.05, 4.69) is 0 Å². The first kappa shape index (κ1) is 8.97. The van der Waals surface area contributed by atoms with E-state index in [0.717, 1.165) is 0 Å². The zero-order valence-electron chi connectivity index (χ0n) is 4.87. The van der Waals surface area contributed by atoms with Crippen LogP contribution in [0.25, 0.3) is 0 Å². The Morgan fingerprint density at radius 2 is 1.90 bits per heavy atom. The average molecular weight is 165 g/mol. The molecule has 0 unspecified atom stereocenters. The Morgan fingerprint density at radius 3 is 2.00 bits per heavy atom. The molecule has 0 aromatic carbocycles. The van der Waals surface area contributed by atoms with Crippen molar-refractivity contribution in [2.45, 2.75) is 0 Å². The summed E-state index contributed by atoms with van der Waals surface area (Å²) in [6, 6.07) is 0. The molecule has 4 nitrogen and oxygen atoms in total. The van der Waals surface area contributed by atoms with E-state index in [0.29, 0.717) is 6.08 Å². The molecule has 0 saturated carbocycles. The Hall–Kier alpha value is -1.03. The number of hydrogen-bond acceptors (Lipinski definition) is 2. The zero-order chi connectivity index (χ0) is 8.15. The molecule has 0 aromatic heterocycles. The number of alkyl halides is 1. The van der Waals surface area contributed by atoms with Crippen LogP contribution in [0.4, 0.5) is 0 Å². The Morgan fingerprint density at radius 1 is 1.40 bits per heavy atom. The second-order valence-corrected chi connectivity index (χ2v) is 1.71. The Kier molecular flexibility index (Phi) is 3.49. The first-order valence-electron chi connectivity index (χ1n) is 2.30. The highest BCUT2D eigenvalue weighted by molar-refractivity contribution is 6.22. The second-order valence-electron chi connectivity index (χ2n) is 1.45. The molecule has 0 aliphatic carbocycles. The van der Waals surface area contributed by atoms with E-state index < -0.39 is 11.9 Å². The molecule has 0 amide bonds. The van der Waals surface area contributed by atoms with Crippen molar-refractivity contribution >= 4 is 23.5 Å². The minimum Gasteiger partial charge on any atom is -0.478 e. The van der Waals surface area contributed by atoms with E-state index in [4.69, 9.17) is 21.8 Å². The lowest BCUT2D eigenvalue weighted by Gasteiger charge is -1.90. The summed E-state index contributed by atoms with van der Waals surface area (Å²) in [6.45, 7) is 0. The normalized spacial score (nSPS) is 11.1. The quantitative estimate of drug-likeness (QED) is 0.465. The SMILES string of the molecule is O=C(O)/C=C(\CCl)C(=O)O. The first-order chi connectivity index (χ1) is 4.57. The molecule has 0 bridgehead atoms. The largest absolute Gasteiger partial charge is 0.478 e. The van der Waals surface area contributed by atoms with Crippen LogP contribution in [0.15, 0.2) is 11.6 Å². The monoisotopic (exact) mass is 164 g/mol. The van der Waals surface area contributed by atoms with E-state index >= 15 is 0 Å². The summed E-state index contributed by atoms with van der Waals surface area (Å²) in [7, 11) is 0. The summed E-state index contributed by atoms with van der Waals surface area (Å²) in [6.07, 6.45) is 0.565. The fourth-order valence-electron chi connectivity index (χ4n) is 0.307. The van der Waals surface area contributed by atoms with Crippen LogP contribution in [0.2, 0.25) is 0 Å². The van der Waals surface area contributed by atoms with E-state index in [1.165, 1.54) is 0 Å². The Labute approximate surface area is 61.7 Å². The fourth-order valence-corrected chi connectivity index (χ4v) is 0.498. The van der Waals surface area contributed by atoms with Gasteiger partial charge in [0.1, 0.15) is 0 Å². The molecule has 10 heavy (non-hydrogen) atoms. The fraction of sp³-hybridized carbons (Fsp3) is 0.200. The minimum atomic E-state index is -1.31. The summed E-state index contributed by atoms with van der Waals surface area (Å²) >= 11 is 5.09. The van der Waals surface area contributed by atoms with Gasteiger partial charge in [0.25, 0.3) is 0 Å². The van der Waals surface area contributed by atoms with Gasteiger partial charge < -0.3 is 10.2 Å². The van der Waals surface area contributed by atoms with Gasteiger partial charge in [-0.2, -0.15) is 0 Å². The second kappa shape index (κ2) is 3.90. The molecular weight excluding hydrogens is 160 g/mol. The minimum absolute atomic E-state index is 0.304. The molecule has 0 saturated heterocycles. The maximum atomic E-state index is 10.0. The van der Waals surface area contributed by atoms with Gasteiger partial charge in [-0.1, -0.05) is 0 Å². The number of carbonyl (C=O) groups is 2. The Bertz CT molecular complexity index is 184. The van der Waals surface area contributed by atoms with Crippen molar-refractivity contribution in [1.29, 1.82) is 0 Å². The van der Waals surface area contributed by atoms with Crippen LogP contribution in [-0.2, 0) is 9.59 Å². The molecule has 0 spiro atoms. The van der Waals surface area contributed by atoms with E-state index in [9.17, 15) is 9.59 Å².